The summed E-state index contributed by atoms with van der Waals surface area (Å²) in [5.41, 5.74) is 1.45. The van der Waals surface area contributed by atoms with Crippen LogP contribution in [0.4, 0.5) is 13.2 Å². The van der Waals surface area contributed by atoms with Crippen LogP contribution in [-0.2, 0) is 17.5 Å². The lowest BCUT2D eigenvalue weighted by molar-refractivity contribution is -0.251. The lowest BCUT2D eigenvalue weighted by Crippen LogP contribution is -2.21. The average molecular weight is 415 g/mol. The summed E-state index contributed by atoms with van der Waals surface area (Å²) in [4.78, 5) is 8.11. The van der Waals surface area contributed by atoms with E-state index in [1.807, 2.05) is 30.3 Å². The Balaban J connectivity index is 1.61. The molecular weight excluding hydrogens is 399 g/mol. The Morgan fingerprint density at radius 3 is 2.60 bits per heavy atom. The number of nitrogens with zero attached hydrogens (tertiary/aromatic N) is 5. The van der Waals surface area contributed by atoms with E-state index in [9.17, 15) is 13.2 Å². The number of pyridine rings is 1. The highest BCUT2D eigenvalue weighted by molar-refractivity contribution is 5.59. The predicted octanol–water partition coefficient (Wildman–Crippen LogP) is 3.99. The smallest absolute Gasteiger partial charge is 0.418 e. The number of halogens is 3. The number of aromatic nitrogens is 5. The molecule has 0 unspecified atom stereocenters. The molecule has 3 heterocycles. The van der Waals surface area contributed by atoms with Crippen LogP contribution in [0.1, 0.15) is 18.3 Å². The van der Waals surface area contributed by atoms with E-state index < -0.39 is 17.8 Å². The molecule has 0 bridgehead atoms. The maximum atomic E-state index is 14.5. The molecule has 3 aromatic heterocycles. The van der Waals surface area contributed by atoms with Crippen molar-refractivity contribution in [1.82, 2.24) is 24.6 Å². The SMILES string of the molecule is CCOC(F)(F)c1nnc2cnc(-c3cnc(OCc4ccccc4)c(F)c3)cn12. The Kier molecular flexibility index (Phi) is 5.32. The molecule has 0 saturated heterocycles. The minimum Gasteiger partial charge on any atom is -0.471 e. The molecule has 154 valence electrons. The maximum Gasteiger partial charge on any atom is 0.418 e. The summed E-state index contributed by atoms with van der Waals surface area (Å²) in [5, 5.41) is 7.16. The Morgan fingerprint density at radius 2 is 1.87 bits per heavy atom. The molecule has 0 N–H and O–H groups in total. The van der Waals surface area contributed by atoms with Gasteiger partial charge in [0, 0.05) is 18.0 Å². The van der Waals surface area contributed by atoms with Gasteiger partial charge in [0.05, 0.1) is 18.5 Å². The minimum absolute atomic E-state index is 0.101. The van der Waals surface area contributed by atoms with Gasteiger partial charge in [0.25, 0.3) is 5.88 Å². The fourth-order valence-corrected chi connectivity index (χ4v) is 2.79. The molecule has 1 aromatic carbocycles. The summed E-state index contributed by atoms with van der Waals surface area (Å²) in [6.07, 6.45) is 0.248. The molecule has 0 aliphatic carbocycles. The Bertz CT molecular complexity index is 1170. The van der Waals surface area contributed by atoms with E-state index in [-0.39, 0.29) is 36.0 Å². The van der Waals surface area contributed by atoms with E-state index in [0.717, 1.165) is 9.96 Å². The first-order chi connectivity index (χ1) is 14.5. The van der Waals surface area contributed by atoms with Gasteiger partial charge in [-0.2, -0.15) is 8.78 Å². The van der Waals surface area contributed by atoms with Gasteiger partial charge >= 0.3 is 6.11 Å². The first-order valence-corrected chi connectivity index (χ1v) is 9.03. The van der Waals surface area contributed by atoms with Crippen LogP contribution >= 0.6 is 0 Å². The molecule has 7 nitrogen and oxygen atoms in total. The van der Waals surface area contributed by atoms with Gasteiger partial charge in [-0.25, -0.2) is 9.37 Å². The van der Waals surface area contributed by atoms with Crippen LogP contribution in [0.15, 0.2) is 55.0 Å². The fourth-order valence-electron chi connectivity index (χ4n) is 2.79. The lowest BCUT2D eigenvalue weighted by atomic mass is 10.2. The summed E-state index contributed by atoms with van der Waals surface area (Å²) in [5.74, 6) is -1.57. The maximum absolute atomic E-state index is 14.5. The van der Waals surface area contributed by atoms with Crippen LogP contribution in [0.3, 0.4) is 0 Å². The normalized spacial score (nSPS) is 11.7. The van der Waals surface area contributed by atoms with Gasteiger partial charge < -0.3 is 9.47 Å². The number of rotatable bonds is 7. The quantitative estimate of drug-likeness (QED) is 0.454. The number of fused-ring (bicyclic) bond motifs is 1. The molecule has 0 spiro atoms. The van der Waals surface area contributed by atoms with Gasteiger partial charge in [-0.1, -0.05) is 30.3 Å². The van der Waals surface area contributed by atoms with E-state index in [4.69, 9.17) is 4.74 Å². The molecule has 0 radical (unpaired) electrons. The Labute approximate surface area is 169 Å². The van der Waals surface area contributed by atoms with E-state index in [1.165, 1.54) is 31.6 Å². The van der Waals surface area contributed by atoms with Gasteiger partial charge in [-0.05, 0) is 18.6 Å². The molecule has 0 saturated carbocycles. The summed E-state index contributed by atoms with van der Waals surface area (Å²) < 4.78 is 53.7. The summed E-state index contributed by atoms with van der Waals surface area (Å²) in [6, 6.07) is 10.4. The standard InChI is InChI=1S/C20H16F3N5O2/c1-2-30-20(22,23)19-27-26-17-10-24-16(11-28(17)19)14-8-15(21)18(25-9-14)29-12-13-6-4-3-5-7-13/h3-11H,2,12H2,1H3. The van der Waals surface area contributed by atoms with Crippen LogP contribution < -0.4 is 4.74 Å². The Morgan fingerprint density at radius 1 is 1.07 bits per heavy atom. The van der Waals surface area contributed by atoms with Crippen molar-refractivity contribution in [3.05, 3.63) is 72.2 Å². The van der Waals surface area contributed by atoms with Crippen molar-refractivity contribution >= 4 is 5.65 Å². The third-order valence-corrected chi connectivity index (χ3v) is 4.20. The van der Waals surface area contributed by atoms with Crippen LogP contribution in [-0.4, -0.2) is 31.2 Å². The molecule has 4 rings (SSSR count). The van der Waals surface area contributed by atoms with Crippen LogP contribution in [0.25, 0.3) is 16.9 Å². The number of benzene rings is 1. The zero-order valence-corrected chi connectivity index (χ0v) is 15.8. The first-order valence-electron chi connectivity index (χ1n) is 9.03. The van der Waals surface area contributed by atoms with E-state index in [2.05, 4.69) is 24.9 Å². The van der Waals surface area contributed by atoms with Crippen LogP contribution in [0.5, 0.6) is 5.88 Å². The molecular formula is C20H16F3N5O2. The van der Waals surface area contributed by atoms with Crippen LogP contribution in [0, 0.1) is 5.82 Å². The zero-order valence-electron chi connectivity index (χ0n) is 15.8. The van der Waals surface area contributed by atoms with Crippen LogP contribution in [0.2, 0.25) is 0 Å². The van der Waals surface area contributed by atoms with Gasteiger partial charge in [0.1, 0.15) is 6.61 Å². The molecule has 4 aromatic rings. The molecule has 0 atom stereocenters. The van der Waals surface area contributed by atoms with Crippen molar-refractivity contribution in [2.75, 3.05) is 6.61 Å². The number of alkyl halides is 2. The molecule has 10 heteroatoms. The summed E-state index contributed by atoms with van der Waals surface area (Å²) >= 11 is 0. The van der Waals surface area contributed by atoms with Gasteiger partial charge in [0.15, 0.2) is 11.5 Å². The van der Waals surface area contributed by atoms with E-state index in [1.54, 1.807) is 0 Å². The first kappa shape index (κ1) is 19.8. The van der Waals surface area contributed by atoms with Crippen molar-refractivity contribution in [1.29, 1.82) is 0 Å². The van der Waals surface area contributed by atoms with Crippen molar-refractivity contribution in [2.24, 2.45) is 0 Å². The highest BCUT2D eigenvalue weighted by atomic mass is 19.3. The predicted molar refractivity (Wildman–Crippen MR) is 100 cm³/mol. The van der Waals surface area contributed by atoms with Gasteiger partial charge in [-0.15, -0.1) is 10.2 Å². The largest absolute Gasteiger partial charge is 0.471 e. The summed E-state index contributed by atoms with van der Waals surface area (Å²) in [7, 11) is 0. The van der Waals surface area contributed by atoms with E-state index in [0.29, 0.717) is 0 Å². The average Bonchev–Trinajstić information content (AvgIpc) is 3.18. The number of hydrogen-bond donors (Lipinski definition) is 0. The highest BCUT2D eigenvalue weighted by Crippen LogP contribution is 2.29. The lowest BCUT2D eigenvalue weighted by Gasteiger charge is -2.13. The summed E-state index contributed by atoms with van der Waals surface area (Å²) in [6.45, 7) is 1.39. The van der Waals surface area contributed by atoms with E-state index >= 15 is 0 Å². The molecule has 30 heavy (non-hydrogen) atoms. The fraction of sp³-hybridized carbons (Fsp3) is 0.200. The van der Waals surface area contributed by atoms with Crippen molar-refractivity contribution in [3.63, 3.8) is 0 Å². The third-order valence-electron chi connectivity index (χ3n) is 4.20. The third kappa shape index (κ3) is 3.94. The second kappa shape index (κ2) is 8.07. The number of hydrogen-bond acceptors (Lipinski definition) is 6. The molecule has 0 amide bonds. The van der Waals surface area contributed by atoms with Crippen molar-refractivity contribution < 1.29 is 22.6 Å². The topological polar surface area (TPSA) is 74.4 Å². The minimum atomic E-state index is -3.63. The van der Waals surface area contributed by atoms with Crippen molar-refractivity contribution in [2.45, 2.75) is 19.6 Å². The van der Waals surface area contributed by atoms with Gasteiger partial charge in [-0.3, -0.25) is 9.38 Å². The zero-order chi connectivity index (χ0) is 21.1. The second-order valence-corrected chi connectivity index (χ2v) is 6.26. The highest BCUT2D eigenvalue weighted by Gasteiger charge is 2.38. The molecule has 0 aliphatic heterocycles. The second-order valence-electron chi connectivity index (χ2n) is 6.26. The molecule has 0 aliphatic rings. The molecule has 0 fully saturated rings. The number of ether oxygens (including phenoxy) is 2. The van der Waals surface area contributed by atoms with Crippen molar-refractivity contribution in [3.8, 4) is 17.1 Å². The monoisotopic (exact) mass is 415 g/mol. The Hall–Kier alpha value is -3.53. The van der Waals surface area contributed by atoms with Gasteiger partial charge in [0.2, 0.25) is 5.82 Å².